The molecule has 2 aromatic carbocycles. The molecule has 1 aliphatic heterocycles. The molecule has 2 aromatic heterocycles. The number of aliphatic hydroxyl groups excluding tert-OH is 1. The molecule has 0 saturated heterocycles. The van der Waals surface area contributed by atoms with Gasteiger partial charge in [0.2, 0.25) is 17.7 Å². The number of aromatic nitrogens is 2. The van der Waals surface area contributed by atoms with Crippen LogP contribution in [-0.2, 0) is 28.9 Å². The summed E-state index contributed by atoms with van der Waals surface area (Å²) in [6.07, 6.45) is -0.678. The van der Waals surface area contributed by atoms with Gasteiger partial charge in [-0.1, -0.05) is 24.3 Å². The lowest BCUT2D eigenvalue weighted by molar-refractivity contribution is -0.105. The maximum absolute atomic E-state index is 13.6. The Balaban J connectivity index is 1.37. The number of furan rings is 1. The lowest BCUT2D eigenvalue weighted by atomic mass is 9.86. The highest BCUT2D eigenvalue weighted by atomic mass is 19.1. The van der Waals surface area contributed by atoms with Gasteiger partial charge in [0.1, 0.15) is 11.6 Å². The van der Waals surface area contributed by atoms with Crippen molar-refractivity contribution in [2.45, 2.75) is 65.0 Å². The fourth-order valence-corrected chi connectivity index (χ4v) is 6.07. The van der Waals surface area contributed by atoms with Gasteiger partial charge in [0, 0.05) is 26.1 Å². The molecule has 0 fully saturated rings. The lowest BCUT2D eigenvalue weighted by Crippen LogP contribution is -2.32. The van der Waals surface area contributed by atoms with E-state index < -0.39 is 11.8 Å². The van der Waals surface area contributed by atoms with Crippen LogP contribution in [-0.4, -0.2) is 61.4 Å². The Morgan fingerprint density at radius 1 is 0.915 bits per heavy atom. The maximum atomic E-state index is 13.6. The van der Waals surface area contributed by atoms with Crippen LogP contribution in [0.3, 0.4) is 0 Å². The van der Waals surface area contributed by atoms with Gasteiger partial charge in [-0.3, -0.25) is 0 Å². The summed E-state index contributed by atoms with van der Waals surface area (Å²) in [4.78, 5) is 13.3. The monoisotopic (exact) mass is 647 g/mol. The van der Waals surface area contributed by atoms with Crippen LogP contribution in [0.25, 0.3) is 0 Å². The fourth-order valence-electron chi connectivity index (χ4n) is 6.07. The third-order valence-electron chi connectivity index (χ3n) is 8.49. The molecular formula is C36H46FN5O5. The summed E-state index contributed by atoms with van der Waals surface area (Å²) in [5.41, 5.74) is 5.09. The van der Waals surface area contributed by atoms with Crippen molar-refractivity contribution >= 4 is 11.6 Å². The maximum Gasteiger partial charge on any atom is 0.246 e. The molecule has 0 amide bonds. The predicted molar refractivity (Wildman–Crippen MR) is 180 cm³/mol. The third kappa shape index (κ3) is 7.53. The van der Waals surface area contributed by atoms with E-state index in [1.54, 1.807) is 18.2 Å². The molecule has 0 saturated carbocycles. The molecule has 10 nitrogen and oxygen atoms in total. The number of aryl methyl sites for hydroxylation is 1. The molecule has 4 aromatic rings. The van der Waals surface area contributed by atoms with Crippen LogP contribution in [0.1, 0.15) is 73.3 Å². The third-order valence-corrected chi connectivity index (χ3v) is 8.49. The predicted octanol–water partition coefficient (Wildman–Crippen LogP) is 6.30. The van der Waals surface area contributed by atoms with Crippen molar-refractivity contribution < 1.29 is 28.1 Å². The molecule has 0 radical (unpaired) electrons. The van der Waals surface area contributed by atoms with Crippen molar-refractivity contribution in [2.24, 2.45) is 0 Å². The highest BCUT2D eigenvalue weighted by Gasteiger charge is 2.43. The molecule has 11 heteroatoms. The highest BCUT2D eigenvalue weighted by Crippen LogP contribution is 2.47. The summed E-state index contributed by atoms with van der Waals surface area (Å²) in [7, 11) is 6.95. The van der Waals surface area contributed by atoms with Crippen LogP contribution in [0, 0.1) is 12.7 Å². The average molecular weight is 648 g/mol. The SMILES string of the molecule is COc1nc(N(CCN(C)C)Cc2ccc(F)cc2)nc(OC)c1NC(O)c1ccc(Cc2cc3c(cc2C)C(C)(C)OC3(C)C)o1. The van der Waals surface area contributed by atoms with E-state index in [4.69, 9.17) is 18.6 Å². The molecular weight excluding hydrogens is 601 g/mol. The molecule has 0 spiro atoms. The van der Waals surface area contributed by atoms with Gasteiger partial charge in [-0.2, -0.15) is 9.97 Å². The molecule has 5 rings (SSSR count). The number of methoxy groups -OCH3 is 2. The summed E-state index contributed by atoms with van der Waals surface area (Å²) in [6, 6.07) is 14.4. The van der Waals surface area contributed by atoms with Gasteiger partial charge in [0.15, 0.2) is 17.7 Å². The van der Waals surface area contributed by atoms with Crippen molar-refractivity contribution in [1.82, 2.24) is 14.9 Å². The van der Waals surface area contributed by atoms with Gasteiger partial charge in [0.05, 0.1) is 25.4 Å². The lowest BCUT2D eigenvalue weighted by Gasteiger charge is -2.26. The van der Waals surface area contributed by atoms with E-state index in [2.05, 4.69) is 66.9 Å². The molecule has 252 valence electrons. The summed E-state index contributed by atoms with van der Waals surface area (Å²) in [6.45, 7) is 12.3. The molecule has 1 atom stereocenters. The molecule has 1 aliphatic rings. The number of halogens is 1. The van der Waals surface area contributed by atoms with Gasteiger partial charge < -0.3 is 38.9 Å². The Morgan fingerprint density at radius 2 is 1.53 bits per heavy atom. The highest BCUT2D eigenvalue weighted by molar-refractivity contribution is 5.63. The fraction of sp³-hybridized carbons (Fsp3) is 0.444. The van der Waals surface area contributed by atoms with E-state index in [1.165, 1.54) is 37.5 Å². The zero-order valence-electron chi connectivity index (χ0n) is 28.8. The van der Waals surface area contributed by atoms with Gasteiger partial charge >= 0.3 is 0 Å². The average Bonchev–Trinajstić information content (AvgIpc) is 3.55. The number of hydrogen-bond donors (Lipinski definition) is 2. The molecule has 3 heterocycles. The number of rotatable bonds is 13. The van der Waals surface area contributed by atoms with Gasteiger partial charge in [-0.05, 0) is 101 Å². The number of anilines is 2. The largest absolute Gasteiger partial charge is 0.479 e. The normalized spacial score (nSPS) is 15.4. The molecule has 47 heavy (non-hydrogen) atoms. The van der Waals surface area contributed by atoms with Gasteiger partial charge in [-0.15, -0.1) is 0 Å². The standard InChI is InChI=1S/C36H46FN5O5/c1-22-18-27-28(36(4,5)47-35(27,2)3)20-24(22)19-26-14-15-29(46-26)31(43)38-30-32(44-8)39-34(40-33(30)45-9)42(17-16-41(6)7)21-23-10-12-25(37)13-11-23/h10-15,18,20,31,38,43H,16-17,19,21H2,1-9H3. The molecule has 1 unspecified atom stereocenters. The molecule has 0 aliphatic carbocycles. The van der Waals surface area contributed by atoms with Crippen LogP contribution in [0.2, 0.25) is 0 Å². The smallest absolute Gasteiger partial charge is 0.246 e. The number of nitrogens with one attached hydrogen (secondary N) is 1. The number of fused-ring (bicyclic) bond motifs is 1. The quantitative estimate of drug-likeness (QED) is 0.161. The summed E-state index contributed by atoms with van der Waals surface area (Å²) >= 11 is 0. The van der Waals surface area contributed by atoms with Crippen molar-refractivity contribution in [3.8, 4) is 11.8 Å². The van der Waals surface area contributed by atoms with Gasteiger partial charge in [-0.25, -0.2) is 4.39 Å². The number of nitrogens with zero attached hydrogens (tertiary/aromatic N) is 4. The van der Waals surface area contributed by atoms with Crippen LogP contribution >= 0.6 is 0 Å². The van der Waals surface area contributed by atoms with E-state index in [9.17, 15) is 9.50 Å². The van der Waals surface area contributed by atoms with E-state index in [-0.39, 0.29) is 28.9 Å². The number of aliphatic hydroxyl groups is 1. The molecule has 2 N–H and O–H groups in total. The van der Waals surface area contributed by atoms with Crippen LogP contribution in [0.15, 0.2) is 52.9 Å². The topological polar surface area (TPSA) is 105 Å². The van der Waals surface area contributed by atoms with E-state index >= 15 is 0 Å². The van der Waals surface area contributed by atoms with E-state index in [0.29, 0.717) is 37.0 Å². The zero-order valence-corrected chi connectivity index (χ0v) is 28.8. The minimum Gasteiger partial charge on any atom is -0.479 e. The first kappa shape index (κ1) is 34.2. The second-order valence-electron chi connectivity index (χ2n) is 13.2. The van der Waals surface area contributed by atoms with E-state index in [0.717, 1.165) is 23.2 Å². The second kappa shape index (κ2) is 13.5. The Kier molecular flexibility index (Phi) is 9.81. The second-order valence-corrected chi connectivity index (χ2v) is 13.2. The van der Waals surface area contributed by atoms with Gasteiger partial charge in [0.25, 0.3) is 0 Å². The Morgan fingerprint density at radius 3 is 2.13 bits per heavy atom. The van der Waals surface area contributed by atoms with Crippen molar-refractivity contribution in [2.75, 3.05) is 51.6 Å². The first-order valence-corrected chi connectivity index (χ1v) is 15.7. The summed E-state index contributed by atoms with van der Waals surface area (Å²) in [5, 5.41) is 14.2. The minimum atomic E-state index is -1.24. The Hall–Kier alpha value is -4.19. The zero-order chi connectivity index (χ0) is 34.1. The number of ether oxygens (including phenoxy) is 3. The first-order chi connectivity index (χ1) is 22.2. The molecule has 0 bridgehead atoms. The van der Waals surface area contributed by atoms with Crippen LogP contribution in [0.4, 0.5) is 16.0 Å². The summed E-state index contributed by atoms with van der Waals surface area (Å²) in [5.74, 6) is 1.48. The minimum absolute atomic E-state index is 0.188. The van der Waals surface area contributed by atoms with Crippen molar-refractivity contribution in [3.63, 3.8) is 0 Å². The summed E-state index contributed by atoms with van der Waals surface area (Å²) < 4.78 is 37.3. The van der Waals surface area contributed by atoms with Crippen molar-refractivity contribution in [3.05, 3.63) is 93.7 Å². The number of likely N-dealkylation sites (N-methyl/N-ethyl adjacent to an activating group) is 1. The van der Waals surface area contributed by atoms with Crippen molar-refractivity contribution in [1.29, 1.82) is 0 Å². The van der Waals surface area contributed by atoms with E-state index in [1.807, 2.05) is 25.1 Å². The van der Waals surface area contributed by atoms with Crippen LogP contribution in [0.5, 0.6) is 11.8 Å². The van der Waals surface area contributed by atoms with Crippen LogP contribution < -0.4 is 19.7 Å². The Labute approximate surface area is 276 Å². The number of benzene rings is 2. The number of hydrogen-bond acceptors (Lipinski definition) is 10. The Bertz CT molecular complexity index is 1680. The first-order valence-electron chi connectivity index (χ1n) is 15.7.